The minimum atomic E-state index is 0. The summed E-state index contributed by atoms with van der Waals surface area (Å²) in [5.74, 6) is 2.08. The van der Waals surface area contributed by atoms with Crippen LogP contribution in [0.4, 0.5) is 5.69 Å². The Hall–Kier alpha value is -1.37. The number of piperazine rings is 1. The van der Waals surface area contributed by atoms with Crippen LogP contribution >= 0.6 is 0 Å². The molecule has 2 N–H and O–H groups in total. The van der Waals surface area contributed by atoms with Crippen LogP contribution in [0.2, 0.25) is 0 Å². The molecule has 2 heterocycles. The van der Waals surface area contributed by atoms with Crippen molar-refractivity contribution < 1.29 is 31.1 Å². The lowest BCUT2D eigenvalue weighted by molar-refractivity contribution is -0.913. The van der Waals surface area contributed by atoms with Crippen molar-refractivity contribution in [3.8, 4) is 17.2 Å². The fraction of sp³-hybridized carbons (Fsp3) is 0.600. The van der Waals surface area contributed by atoms with Gasteiger partial charge in [-0.2, -0.15) is 0 Å². The van der Waals surface area contributed by atoms with Gasteiger partial charge < -0.3 is 36.8 Å². The molecule has 0 spiro atoms. The van der Waals surface area contributed by atoms with E-state index in [-0.39, 0.29) is 19.2 Å². The smallest absolute Gasteiger partial charge is 0.231 e. The molecule has 22 heavy (non-hydrogen) atoms. The number of nitrogen functional groups attached to an aromatic ring is 1. The number of likely N-dealkylation sites (N-methyl/N-ethyl adjacent to an activating group) is 2. The summed E-state index contributed by atoms with van der Waals surface area (Å²) in [6.07, 6.45) is 0. The standard InChI is InChI=1S/C15H24N3O3.ClH/c1-17-3-5-18(2,6-4-17)7-8-19-13-10-15-14(9-12(13)16)20-11-21-15;/h9-10H,3-8,11,16H2,1-2H3;1H/q+1;/p-1. The fourth-order valence-corrected chi connectivity index (χ4v) is 2.71. The number of halogens is 1. The predicted molar refractivity (Wildman–Crippen MR) is 80.8 cm³/mol. The van der Waals surface area contributed by atoms with Crippen LogP contribution < -0.4 is 32.4 Å². The second-order valence-electron chi connectivity index (χ2n) is 6.19. The van der Waals surface area contributed by atoms with Crippen LogP contribution in [-0.2, 0) is 0 Å². The first-order valence-electron chi connectivity index (χ1n) is 7.40. The molecule has 0 aromatic heterocycles. The van der Waals surface area contributed by atoms with Gasteiger partial charge in [0.2, 0.25) is 6.79 Å². The van der Waals surface area contributed by atoms with Gasteiger partial charge in [-0.25, -0.2) is 0 Å². The largest absolute Gasteiger partial charge is 1.00 e. The highest BCUT2D eigenvalue weighted by Crippen LogP contribution is 2.39. The fourth-order valence-electron chi connectivity index (χ4n) is 2.71. The first-order valence-corrected chi connectivity index (χ1v) is 7.40. The summed E-state index contributed by atoms with van der Waals surface area (Å²) >= 11 is 0. The Kier molecular flexibility index (Phi) is 5.26. The van der Waals surface area contributed by atoms with Crippen molar-refractivity contribution in [2.45, 2.75) is 0 Å². The van der Waals surface area contributed by atoms with Gasteiger partial charge in [0.25, 0.3) is 0 Å². The minimum Gasteiger partial charge on any atom is -1.00 e. The molecule has 0 amide bonds. The van der Waals surface area contributed by atoms with Gasteiger partial charge in [-0.1, -0.05) is 0 Å². The molecule has 3 rings (SSSR count). The Labute approximate surface area is 137 Å². The number of nitrogens with zero attached hydrogens (tertiary/aromatic N) is 2. The van der Waals surface area contributed by atoms with E-state index < -0.39 is 0 Å². The van der Waals surface area contributed by atoms with E-state index in [0.29, 0.717) is 29.5 Å². The van der Waals surface area contributed by atoms with Crippen LogP contribution in [0.15, 0.2) is 12.1 Å². The van der Waals surface area contributed by atoms with E-state index in [1.54, 1.807) is 6.07 Å². The third kappa shape index (κ3) is 3.69. The third-order valence-corrected chi connectivity index (χ3v) is 4.44. The number of fused-ring (bicyclic) bond motifs is 1. The van der Waals surface area contributed by atoms with Gasteiger partial charge in [0.1, 0.15) is 18.9 Å². The van der Waals surface area contributed by atoms with Gasteiger partial charge in [-0.3, -0.25) is 4.90 Å². The molecular formula is C15H24ClN3O3. The zero-order valence-corrected chi connectivity index (χ0v) is 13.9. The number of hydrogen-bond donors (Lipinski definition) is 1. The second-order valence-corrected chi connectivity index (χ2v) is 6.19. The van der Waals surface area contributed by atoms with Gasteiger partial charge in [0, 0.05) is 25.2 Å². The number of hydrogen-bond acceptors (Lipinski definition) is 5. The molecular weight excluding hydrogens is 306 g/mol. The van der Waals surface area contributed by atoms with E-state index in [0.717, 1.165) is 37.2 Å². The highest BCUT2D eigenvalue weighted by Gasteiger charge is 2.27. The maximum Gasteiger partial charge on any atom is 0.231 e. The second kappa shape index (κ2) is 6.81. The highest BCUT2D eigenvalue weighted by atomic mass is 35.5. The molecule has 0 atom stereocenters. The molecule has 2 aliphatic heterocycles. The first kappa shape index (κ1) is 17.0. The van der Waals surface area contributed by atoms with Crippen LogP contribution in [0.3, 0.4) is 0 Å². The van der Waals surface area contributed by atoms with E-state index in [9.17, 15) is 0 Å². The van der Waals surface area contributed by atoms with Crippen molar-refractivity contribution in [2.75, 3.05) is 66.0 Å². The molecule has 1 saturated heterocycles. The Morgan fingerprint density at radius 3 is 2.55 bits per heavy atom. The predicted octanol–water partition coefficient (Wildman–Crippen LogP) is -2.23. The average molecular weight is 330 g/mol. The zero-order chi connectivity index (χ0) is 14.9. The topological polar surface area (TPSA) is 57.0 Å². The monoisotopic (exact) mass is 329 g/mol. The Balaban J connectivity index is 0.00000176. The van der Waals surface area contributed by atoms with Gasteiger partial charge in [0.15, 0.2) is 11.5 Å². The van der Waals surface area contributed by atoms with Crippen LogP contribution in [0.1, 0.15) is 0 Å². The molecule has 2 aliphatic rings. The van der Waals surface area contributed by atoms with Crippen molar-refractivity contribution in [1.82, 2.24) is 4.90 Å². The van der Waals surface area contributed by atoms with E-state index in [1.165, 1.54) is 0 Å². The molecule has 1 aromatic rings. The van der Waals surface area contributed by atoms with Gasteiger partial charge in [-0.15, -0.1) is 0 Å². The lowest BCUT2D eigenvalue weighted by Gasteiger charge is -2.40. The summed E-state index contributed by atoms with van der Waals surface area (Å²) < 4.78 is 17.6. The van der Waals surface area contributed by atoms with Crippen LogP contribution in [0, 0.1) is 0 Å². The highest BCUT2D eigenvalue weighted by molar-refractivity contribution is 5.62. The summed E-state index contributed by atoms with van der Waals surface area (Å²) in [7, 11) is 4.46. The van der Waals surface area contributed by atoms with Crippen molar-refractivity contribution in [3.05, 3.63) is 12.1 Å². The molecule has 0 unspecified atom stereocenters. The molecule has 1 fully saturated rings. The van der Waals surface area contributed by atoms with E-state index in [4.69, 9.17) is 19.9 Å². The van der Waals surface area contributed by atoms with Gasteiger partial charge in [0.05, 0.1) is 25.8 Å². The molecule has 0 bridgehead atoms. The van der Waals surface area contributed by atoms with Crippen molar-refractivity contribution in [2.24, 2.45) is 0 Å². The average Bonchev–Trinajstić information content (AvgIpc) is 2.90. The Bertz CT molecular complexity index is 519. The SMILES string of the molecule is CN1CC[N+](C)(CCOc2cc3c(cc2N)OCO3)CC1.[Cl-]. The van der Waals surface area contributed by atoms with Crippen molar-refractivity contribution in [3.63, 3.8) is 0 Å². The number of benzene rings is 1. The normalized spacial score (nSPS) is 19.5. The summed E-state index contributed by atoms with van der Waals surface area (Å²) in [6, 6.07) is 3.59. The number of nitrogens with two attached hydrogens (primary N) is 1. The zero-order valence-electron chi connectivity index (χ0n) is 13.2. The minimum absolute atomic E-state index is 0. The molecule has 6 nitrogen and oxygen atoms in total. The van der Waals surface area contributed by atoms with Gasteiger partial charge >= 0.3 is 0 Å². The lowest BCUT2D eigenvalue weighted by Crippen LogP contribution is -3.00. The molecule has 7 heteroatoms. The maximum atomic E-state index is 5.99. The van der Waals surface area contributed by atoms with Crippen molar-refractivity contribution >= 4 is 5.69 Å². The molecule has 1 aromatic carbocycles. The van der Waals surface area contributed by atoms with Crippen molar-refractivity contribution in [1.29, 1.82) is 0 Å². The Morgan fingerprint density at radius 1 is 1.23 bits per heavy atom. The van der Waals surface area contributed by atoms with Crippen LogP contribution in [0.5, 0.6) is 17.2 Å². The molecule has 0 radical (unpaired) electrons. The molecule has 124 valence electrons. The summed E-state index contributed by atoms with van der Waals surface area (Å²) in [4.78, 5) is 2.37. The van der Waals surface area contributed by atoms with E-state index in [2.05, 4.69) is 19.0 Å². The summed E-state index contributed by atoms with van der Waals surface area (Å²) in [5, 5.41) is 0. The van der Waals surface area contributed by atoms with Crippen LogP contribution in [0.25, 0.3) is 0 Å². The Morgan fingerprint density at radius 2 is 1.86 bits per heavy atom. The lowest BCUT2D eigenvalue weighted by atomic mass is 10.2. The first-order chi connectivity index (χ1) is 10.1. The summed E-state index contributed by atoms with van der Waals surface area (Å²) in [5.41, 5.74) is 6.59. The third-order valence-electron chi connectivity index (χ3n) is 4.44. The maximum absolute atomic E-state index is 5.99. The quantitative estimate of drug-likeness (QED) is 0.501. The van der Waals surface area contributed by atoms with Gasteiger partial charge in [-0.05, 0) is 7.05 Å². The number of rotatable bonds is 4. The van der Waals surface area contributed by atoms with Crippen LogP contribution in [-0.4, -0.2) is 69.6 Å². The van der Waals surface area contributed by atoms with E-state index in [1.807, 2.05) is 6.07 Å². The molecule has 0 aliphatic carbocycles. The summed E-state index contributed by atoms with van der Waals surface area (Å²) in [6.45, 7) is 6.50. The number of quaternary nitrogens is 1. The molecule has 0 saturated carbocycles. The number of ether oxygens (including phenoxy) is 3. The number of anilines is 1. The van der Waals surface area contributed by atoms with E-state index >= 15 is 0 Å².